The summed E-state index contributed by atoms with van der Waals surface area (Å²) in [6.45, 7) is 5.68. The molecule has 0 amide bonds. The number of rotatable bonds is 8. The highest BCUT2D eigenvalue weighted by Crippen LogP contribution is 2.57. The van der Waals surface area contributed by atoms with Gasteiger partial charge in [-0.1, -0.05) is 98.8 Å². The van der Waals surface area contributed by atoms with E-state index in [1.165, 1.54) is 22.3 Å². The molecule has 9 rings (SSSR count). The van der Waals surface area contributed by atoms with Crippen molar-refractivity contribution in [3.63, 3.8) is 0 Å². The highest BCUT2D eigenvalue weighted by atomic mass is 16.4. The molecule has 8 N–H and O–H groups in total. The second-order valence-corrected chi connectivity index (χ2v) is 16.2. The minimum atomic E-state index is -0.729. The first-order chi connectivity index (χ1) is 29.4. The standard InChI is InChI=1S/C51H48N2O8/c1-3-51(4-2)39-27-31(11-9-29-13-19-33(20-14-29)52-25-5-7-37-41(52)45(56)49(60)47(58)43(37)54)17-23-35(39)36-24-18-32(28-40(36)51)12-10-30-15-21-34(22-16-30)53-26-6-8-38-42(53)46(57)50(61)48(59)44(38)55/h9-24,27-28,54-61H,3-8,25-26H2,1-2H3/b11-9+,12-10+. The fraction of sp³-hybridized carbons (Fsp3) is 0.216. The van der Waals surface area contributed by atoms with Gasteiger partial charge in [0.25, 0.3) is 0 Å². The summed E-state index contributed by atoms with van der Waals surface area (Å²) < 4.78 is 0. The molecule has 0 spiro atoms. The van der Waals surface area contributed by atoms with Crippen molar-refractivity contribution in [2.45, 2.75) is 57.8 Å². The zero-order chi connectivity index (χ0) is 42.7. The van der Waals surface area contributed by atoms with Gasteiger partial charge in [0.15, 0.2) is 23.0 Å². The molecule has 2 aliphatic heterocycles. The molecule has 0 saturated carbocycles. The maximum Gasteiger partial charge on any atom is 0.206 e. The summed E-state index contributed by atoms with van der Waals surface area (Å²) in [7, 11) is 0. The highest BCUT2D eigenvalue weighted by Gasteiger charge is 2.40. The molecule has 0 fully saturated rings. The first-order valence-corrected chi connectivity index (χ1v) is 20.8. The lowest BCUT2D eigenvalue weighted by molar-refractivity contribution is 0.342. The summed E-state index contributed by atoms with van der Waals surface area (Å²) in [5.74, 6) is -4.57. The van der Waals surface area contributed by atoms with Crippen molar-refractivity contribution in [1.82, 2.24) is 0 Å². The second kappa shape index (κ2) is 15.1. The molecule has 10 nitrogen and oxygen atoms in total. The van der Waals surface area contributed by atoms with Gasteiger partial charge in [-0.05, 0) is 107 Å². The number of fused-ring (bicyclic) bond motifs is 5. The van der Waals surface area contributed by atoms with Crippen LogP contribution in [0, 0.1) is 0 Å². The zero-order valence-electron chi connectivity index (χ0n) is 34.0. The van der Waals surface area contributed by atoms with Crippen LogP contribution in [0.3, 0.4) is 0 Å². The van der Waals surface area contributed by atoms with E-state index in [1.54, 1.807) is 0 Å². The highest BCUT2D eigenvalue weighted by molar-refractivity contribution is 5.87. The minimum Gasteiger partial charge on any atom is -0.504 e. The van der Waals surface area contributed by atoms with E-state index in [4.69, 9.17) is 0 Å². The SMILES string of the molecule is CCC1(CC)c2cc(/C=C/c3ccc(N4CCCc5c(O)c(O)c(O)c(O)c54)cc3)ccc2-c2ccc(/C=C/c3ccc(N4CCCc5c(O)c(O)c(O)c(O)c54)cc3)cc21. The van der Waals surface area contributed by atoms with Crippen molar-refractivity contribution in [3.05, 3.63) is 129 Å². The number of hydrogen-bond acceptors (Lipinski definition) is 10. The molecule has 0 unspecified atom stereocenters. The van der Waals surface area contributed by atoms with Crippen LogP contribution in [-0.4, -0.2) is 53.9 Å². The van der Waals surface area contributed by atoms with Crippen LogP contribution in [0.5, 0.6) is 46.0 Å². The van der Waals surface area contributed by atoms with Crippen molar-refractivity contribution < 1.29 is 40.9 Å². The lowest BCUT2D eigenvalue weighted by atomic mass is 9.73. The van der Waals surface area contributed by atoms with Crippen molar-refractivity contribution in [1.29, 1.82) is 0 Å². The first kappa shape index (κ1) is 39.3. The Balaban J connectivity index is 0.932. The Morgan fingerprint density at radius 1 is 0.443 bits per heavy atom. The largest absolute Gasteiger partial charge is 0.504 e. The molecule has 0 saturated heterocycles. The predicted molar refractivity (Wildman–Crippen MR) is 241 cm³/mol. The van der Waals surface area contributed by atoms with Gasteiger partial charge in [0, 0.05) is 41.0 Å². The average Bonchev–Trinajstić information content (AvgIpc) is 3.58. The Morgan fingerprint density at radius 3 is 1.16 bits per heavy atom. The third-order valence-corrected chi connectivity index (χ3v) is 13.1. The van der Waals surface area contributed by atoms with Gasteiger partial charge >= 0.3 is 0 Å². The van der Waals surface area contributed by atoms with E-state index < -0.39 is 46.0 Å². The maximum absolute atomic E-state index is 10.7. The second-order valence-electron chi connectivity index (χ2n) is 16.2. The van der Waals surface area contributed by atoms with Crippen LogP contribution in [-0.2, 0) is 18.3 Å². The molecule has 0 radical (unpaired) electrons. The van der Waals surface area contributed by atoms with Crippen molar-refractivity contribution >= 4 is 47.1 Å². The summed E-state index contributed by atoms with van der Waals surface area (Å²) in [6.07, 6.45) is 12.7. The normalized spacial score (nSPS) is 15.2. The van der Waals surface area contributed by atoms with E-state index in [-0.39, 0.29) is 5.41 Å². The summed E-state index contributed by atoms with van der Waals surface area (Å²) in [6, 6.07) is 29.2. The number of benzene rings is 6. The Morgan fingerprint density at radius 2 is 0.787 bits per heavy atom. The lowest BCUT2D eigenvalue weighted by Crippen LogP contribution is -2.24. The van der Waals surface area contributed by atoms with E-state index >= 15 is 0 Å². The van der Waals surface area contributed by atoms with E-state index in [1.807, 2.05) is 58.3 Å². The van der Waals surface area contributed by atoms with Gasteiger partial charge in [-0.2, -0.15) is 0 Å². The minimum absolute atomic E-state index is 0.145. The molecule has 6 aromatic carbocycles. The van der Waals surface area contributed by atoms with Crippen molar-refractivity contribution in [2.75, 3.05) is 22.9 Å². The monoisotopic (exact) mass is 816 g/mol. The molecular formula is C51H48N2O8. The molecule has 61 heavy (non-hydrogen) atoms. The molecule has 310 valence electrons. The molecule has 3 aliphatic rings. The zero-order valence-corrected chi connectivity index (χ0v) is 34.0. The number of aromatic hydroxyl groups is 8. The number of phenolic OH excluding ortho intramolecular Hbond substituents is 8. The number of nitrogens with zero attached hydrogens (tertiary/aromatic N) is 2. The molecule has 0 aromatic heterocycles. The molecule has 0 atom stereocenters. The Bertz CT molecular complexity index is 2580. The molecule has 10 heteroatoms. The van der Waals surface area contributed by atoms with Crippen LogP contribution in [0.2, 0.25) is 0 Å². The van der Waals surface area contributed by atoms with Crippen LogP contribution >= 0.6 is 0 Å². The number of anilines is 4. The summed E-state index contributed by atoms with van der Waals surface area (Å²) >= 11 is 0. The fourth-order valence-electron chi connectivity index (χ4n) is 9.76. The Labute approximate surface area is 354 Å². The Hall–Kier alpha value is -7.20. The van der Waals surface area contributed by atoms with E-state index in [0.717, 1.165) is 46.5 Å². The molecule has 1 aliphatic carbocycles. The summed E-state index contributed by atoms with van der Waals surface area (Å²) in [5, 5.41) is 83.0. The average molecular weight is 817 g/mol. The number of hydrogen-bond donors (Lipinski definition) is 8. The van der Waals surface area contributed by atoms with Crippen molar-refractivity contribution in [2.24, 2.45) is 0 Å². The quantitative estimate of drug-likeness (QED) is 0.0420. The van der Waals surface area contributed by atoms with Gasteiger partial charge in [0.2, 0.25) is 23.0 Å². The lowest BCUT2D eigenvalue weighted by Gasteiger charge is -2.32. The van der Waals surface area contributed by atoms with Crippen LogP contribution < -0.4 is 9.80 Å². The smallest absolute Gasteiger partial charge is 0.206 e. The van der Waals surface area contributed by atoms with Crippen LogP contribution in [0.1, 0.15) is 84.0 Å². The summed E-state index contributed by atoms with van der Waals surface area (Å²) in [5.41, 5.74) is 12.2. The van der Waals surface area contributed by atoms with Gasteiger partial charge in [0.1, 0.15) is 0 Å². The van der Waals surface area contributed by atoms with Crippen LogP contribution in [0.15, 0.2) is 84.9 Å². The van der Waals surface area contributed by atoms with Gasteiger partial charge in [-0.3, -0.25) is 0 Å². The van der Waals surface area contributed by atoms with Gasteiger partial charge in [-0.25, -0.2) is 0 Å². The molecule has 0 bridgehead atoms. The third-order valence-electron chi connectivity index (χ3n) is 13.1. The Kier molecular flexibility index (Phi) is 9.73. The fourth-order valence-corrected chi connectivity index (χ4v) is 9.76. The van der Waals surface area contributed by atoms with Crippen molar-refractivity contribution in [3.8, 4) is 57.1 Å². The first-order valence-electron chi connectivity index (χ1n) is 20.8. The topological polar surface area (TPSA) is 168 Å². The molecule has 2 heterocycles. The maximum atomic E-state index is 10.7. The van der Waals surface area contributed by atoms with Gasteiger partial charge in [0.05, 0.1) is 11.4 Å². The van der Waals surface area contributed by atoms with Crippen LogP contribution in [0.25, 0.3) is 35.4 Å². The van der Waals surface area contributed by atoms with E-state index in [2.05, 4.69) is 74.5 Å². The molecular weight excluding hydrogens is 769 g/mol. The molecule has 6 aromatic rings. The third kappa shape index (κ3) is 6.32. The van der Waals surface area contributed by atoms with E-state index in [0.29, 0.717) is 61.3 Å². The predicted octanol–water partition coefficient (Wildman–Crippen LogP) is 10.9. The van der Waals surface area contributed by atoms with Gasteiger partial charge < -0.3 is 50.7 Å². The summed E-state index contributed by atoms with van der Waals surface area (Å²) in [4.78, 5) is 3.71. The van der Waals surface area contributed by atoms with Gasteiger partial charge in [-0.15, -0.1) is 0 Å². The number of phenols is 8. The van der Waals surface area contributed by atoms with Crippen LogP contribution in [0.4, 0.5) is 22.7 Å². The van der Waals surface area contributed by atoms with E-state index in [9.17, 15) is 40.9 Å².